The Morgan fingerprint density at radius 3 is 0.417 bits per heavy atom. The molecular formula is H30Al2O20S2+8. The Labute approximate surface area is 156 Å². The summed E-state index contributed by atoms with van der Waals surface area (Å²) in [7, 11) is -10.3. The van der Waals surface area contributed by atoms with Crippen molar-refractivity contribution in [3.63, 3.8) is 0 Å². The van der Waals surface area contributed by atoms with Crippen LogP contribution < -0.4 is 0 Å². The zero-order valence-electron chi connectivity index (χ0n) is 11.8. The molecule has 160 valence electrons. The molecule has 0 aromatic rings. The third-order valence-corrected chi connectivity index (χ3v) is 0. The zero-order valence-corrected chi connectivity index (χ0v) is 15.7. The fraction of sp³-hybridized carbons (Fsp3) is 0. The van der Waals surface area contributed by atoms with Gasteiger partial charge >= 0.3 is 34.7 Å². The first kappa shape index (κ1) is 191. The van der Waals surface area contributed by atoms with Crippen LogP contribution >= 0.6 is 0 Å². The molecule has 0 aliphatic rings. The summed E-state index contributed by atoms with van der Waals surface area (Å²) >= 11 is 0. The predicted molar refractivity (Wildman–Crippen MR) is 82.5 cm³/mol. The van der Waals surface area contributed by atoms with Gasteiger partial charge in [-0.25, -0.2) is 0 Å². The SMILES string of the molecule is O.O.O=S(=O)([O-])[O-].O=S(=O)([O-])[O-].[Al+3].[Al+3].[OH-].[OH-].[OH3+].[OH3+].[OH3+].[OH3+].[OH3+].[OH3+].[OH3+].[OH3+]. The Hall–Kier alpha value is 0.325. The van der Waals surface area contributed by atoms with Gasteiger partial charge in [0.15, 0.2) is 0 Å². The maximum absolute atomic E-state index is 8.52. The maximum Gasteiger partial charge on any atom is 3.00 e. The molecule has 0 aliphatic carbocycles. The Morgan fingerprint density at radius 2 is 0.417 bits per heavy atom. The van der Waals surface area contributed by atoms with Crippen LogP contribution in [0.1, 0.15) is 0 Å². The van der Waals surface area contributed by atoms with Crippen LogP contribution in [0.3, 0.4) is 0 Å². The molecule has 24 heteroatoms. The van der Waals surface area contributed by atoms with Crippen molar-refractivity contribution < 1.29 is 101 Å². The van der Waals surface area contributed by atoms with Gasteiger partial charge in [-0.15, -0.1) is 0 Å². The van der Waals surface area contributed by atoms with Gasteiger partial charge in [-0.2, -0.15) is 0 Å². The van der Waals surface area contributed by atoms with Gasteiger partial charge in [-0.3, -0.25) is 16.8 Å². The number of hydrogen-bond acceptors (Lipinski definition) is 10. The average molecular weight is 468 g/mol. The third-order valence-electron chi connectivity index (χ3n) is 0. The second-order valence-corrected chi connectivity index (χ2v) is 2.45. The van der Waals surface area contributed by atoms with Crippen molar-refractivity contribution >= 4 is 55.5 Å². The Balaban J connectivity index is -0.00000000241. The quantitative estimate of drug-likeness (QED) is 0.140. The average Bonchev–Trinajstić information content (AvgIpc) is 1.12. The van der Waals surface area contributed by atoms with Gasteiger partial charge in [0.05, 0.1) is 0 Å². The first-order valence-electron chi connectivity index (χ1n) is 1.33. The molecule has 20 nitrogen and oxygen atoms in total. The molecule has 0 saturated carbocycles. The monoisotopic (exact) mass is 468 g/mol. The first-order valence-corrected chi connectivity index (χ1v) is 4.00. The molecule has 0 aromatic heterocycles. The number of hydrogen-bond donors (Lipinski definition) is 0. The summed E-state index contributed by atoms with van der Waals surface area (Å²) in [6.45, 7) is 0. The molecule has 0 spiro atoms. The summed E-state index contributed by atoms with van der Waals surface area (Å²) in [6, 6.07) is 0. The summed E-state index contributed by atoms with van der Waals surface area (Å²) in [6.07, 6.45) is 0. The van der Waals surface area contributed by atoms with Crippen LogP contribution in [0, 0.1) is 0 Å². The number of rotatable bonds is 0. The van der Waals surface area contributed by atoms with Crippen LogP contribution in [0.2, 0.25) is 0 Å². The fourth-order valence-electron chi connectivity index (χ4n) is 0. The third kappa shape index (κ3) is 96200. The summed E-state index contributed by atoms with van der Waals surface area (Å²) in [5.41, 5.74) is 0. The van der Waals surface area contributed by atoms with E-state index in [-0.39, 0.29) is 100 Å². The first-order chi connectivity index (χ1) is 4.00. The Morgan fingerprint density at radius 1 is 0.417 bits per heavy atom. The van der Waals surface area contributed by atoms with E-state index >= 15 is 0 Å². The molecule has 30 N–H and O–H groups in total. The standard InChI is InChI=1S/2Al.2H2O4S.12H2O/c;;2*1-5(2,3)4;;;;;;;;;;;;/h;;2*(H2,1,2,3,4);12*1H2/q2*+3;;;;;;;;;;;;;;/p+2. The van der Waals surface area contributed by atoms with Gasteiger partial charge in [-0.05, 0) is 0 Å². The van der Waals surface area contributed by atoms with Crippen molar-refractivity contribution in [1.82, 2.24) is 0 Å². The molecule has 0 amide bonds. The predicted octanol–water partition coefficient (Wildman–Crippen LogP) is -12.8. The molecule has 24 heavy (non-hydrogen) atoms. The van der Waals surface area contributed by atoms with E-state index in [1.54, 1.807) is 0 Å². The van der Waals surface area contributed by atoms with Crippen LogP contribution in [0.25, 0.3) is 0 Å². The topological polar surface area (TPSA) is 548 Å². The molecule has 0 fully saturated rings. The van der Waals surface area contributed by atoms with E-state index in [0.717, 1.165) is 0 Å². The smallest absolute Gasteiger partial charge is 0.870 e. The summed E-state index contributed by atoms with van der Waals surface area (Å²) in [5, 5.41) is 0. The molecular weight excluding hydrogens is 438 g/mol. The maximum atomic E-state index is 8.52. The van der Waals surface area contributed by atoms with Gasteiger partial charge in [0.1, 0.15) is 0 Å². The fourth-order valence-corrected chi connectivity index (χ4v) is 0. The van der Waals surface area contributed by atoms with E-state index in [1.807, 2.05) is 0 Å². The minimum Gasteiger partial charge on any atom is -0.870 e. The summed E-state index contributed by atoms with van der Waals surface area (Å²) in [5.74, 6) is 0. The molecule has 0 atom stereocenters. The van der Waals surface area contributed by atoms with Crippen LogP contribution in [0.5, 0.6) is 0 Å². The van der Waals surface area contributed by atoms with Gasteiger partial charge in [0.25, 0.3) is 0 Å². The summed E-state index contributed by atoms with van der Waals surface area (Å²) in [4.78, 5) is 0. The van der Waals surface area contributed by atoms with Crippen molar-refractivity contribution in [3.8, 4) is 0 Å². The van der Waals surface area contributed by atoms with Crippen LogP contribution in [0.4, 0.5) is 0 Å². The molecule has 0 aliphatic heterocycles. The zero-order chi connectivity index (χ0) is 9.00. The minimum atomic E-state index is -5.17. The Bertz CT molecular complexity index is 216. The van der Waals surface area contributed by atoms with Crippen molar-refractivity contribution in [2.75, 3.05) is 0 Å². The second kappa shape index (κ2) is 76.5. The van der Waals surface area contributed by atoms with Crippen LogP contribution in [-0.2, 0) is 64.6 Å². The molecule has 0 unspecified atom stereocenters. The summed E-state index contributed by atoms with van der Waals surface area (Å²) < 4.78 is 68.2. The van der Waals surface area contributed by atoms with Crippen molar-refractivity contribution in [3.05, 3.63) is 0 Å². The molecule has 0 heterocycles. The van der Waals surface area contributed by atoms with Gasteiger partial charge in [0.2, 0.25) is 0 Å². The molecule has 0 radical (unpaired) electrons. The van der Waals surface area contributed by atoms with E-state index in [0.29, 0.717) is 0 Å². The van der Waals surface area contributed by atoms with E-state index in [4.69, 9.17) is 35.0 Å². The minimum absolute atomic E-state index is 0. The second-order valence-electron chi connectivity index (χ2n) is 0.816. The molecule has 0 rings (SSSR count). The molecule has 0 aromatic carbocycles. The van der Waals surface area contributed by atoms with Crippen molar-refractivity contribution in [2.24, 2.45) is 0 Å². The van der Waals surface area contributed by atoms with E-state index in [9.17, 15) is 0 Å². The van der Waals surface area contributed by atoms with E-state index in [1.165, 1.54) is 0 Å². The molecule has 0 saturated heterocycles. The van der Waals surface area contributed by atoms with Crippen LogP contribution in [0.15, 0.2) is 0 Å². The molecule has 0 bridgehead atoms. The largest absolute Gasteiger partial charge is 3.00 e. The van der Waals surface area contributed by atoms with Crippen LogP contribution in [-0.4, -0.2) is 91.7 Å². The Kier molecular flexibility index (Phi) is 609. The van der Waals surface area contributed by atoms with Gasteiger partial charge < -0.3 is 83.9 Å². The van der Waals surface area contributed by atoms with Crippen molar-refractivity contribution in [1.29, 1.82) is 0 Å². The van der Waals surface area contributed by atoms with Gasteiger partial charge in [-0.1, -0.05) is 0 Å². The van der Waals surface area contributed by atoms with E-state index in [2.05, 4.69) is 0 Å². The normalized spacial score (nSPS) is 4.83. The van der Waals surface area contributed by atoms with E-state index < -0.39 is 20.8 Å². The van der Waals surface area contributed by atoms with Crippen molar-refractivity contribution in [2.45, 2.75) is 0 Å². The van der Waals surface area contributed by atoms with Gasteiger partial charge in [0, 0.05) is 20.8 Å².